The first-order valence-corrected chi connectivity index (χ1v) is 15.0. The molecule has 1 unspecified atom stereocenters. The van der Waals surface area contributed by atoms with Gasteiger partial charge in [-0.05, 0) is 68.9 Å². The molecule has 202 valence electrons. The number of rotatable bonds is 10. The first kappa shape index (κ1) is 28.7. The van der Waals surface area contributed by atoms with Crippen LogP contribution in [-0.4, -0.2) is 50.0 Å². The molecule has 1 aliphatic carbocycles. The van der Waals surface area contributed by atoms with Crippen molar-refractivity contribution in [3.8, 4) is 0 Å². The van der Waals surface area contributed by atoms with Crippen LogP contribution < -0.4 is 9.62 Å². The Hall–Kier alpha value is -2.87. The summed E-state index contributed by atoms with van der Waals surface area (Å²) in [4.78, 5) is 28.8. The normalized spacial score (nSPS) is 15.2. The fourth-order valence-corrected chi connectivity index (χ4v) is 5.90. The molecule has 0 aliphatic heterocycles. The van der Waals surface area contributed by atoms with Crippen LogP contribution in [0.4, 0.5) is 5.69 Å². The highest BCUT2D eigenvalue weighted by molar-refractivity contribution is 7.92. The molecule has 2 aromatic carbocycles. The van der Waals surface area contributed by atoms with E-state index in [0.29, 0.717) is 12.1 Å². The van der Waals surface area contributed by atoms with Crippen molar-refractivity contribution in [3.05, 3.63) is 64.7 Å². The molecular formula is C29H41N3O4S. The van der Waals surface area contributed by atoms with Crippen LogP contribution in [-0.2, 0) is 26.2 Å². The smallest absolute Gasteiger partial charge is 0.244 e. The highest BCUT2D eigenvalue weighted by Crippen LogP contribution is 2.23. The van der Waals surface area contributed by atoms with Gasteiger partial charge >= 0.3 is 0 Å². The van der Waals surface area contributed by atoms with Crippen molar-refractivity contribution in [2.24, 2.45) is 0 Å². The third-order valence-electron chi connectivity index (χ3n) is 6.98. The molecule has 1 aliphatic rings. The van der Waals surface area contributed by atoms with E-state index >= 15 is 0 Å². The zero-order chi connectivity index (χ0) is 27.2. The van der Waals surface area contributed by atoms with E-state index < -0.39 is 22.0 Å². The lowest BCUT2D eigenvalue weighted by molar-refractivity contribution is -0.140. The lowest BCUT2D eigenvalue weighted by Crippen LogP contribution is -2.53. The summed E-state index contributed by atoms with van der Waals surface area (Å²) in [6.07, 6.45) is 6.79. The maximum Gasteiger partial charge on any atom is 0.244 e. The molecule has 2 amide bonds. The van der Waals surface area contributed by atoms with Gasteiger partial charge in [-0.2, -0.15) is 0 Å². The number of nitrogens with zero attached hydrogens (tertiary/aromatic N) is 2. The van der Waals surface area contributed by atoms with Crippen molar-refractivity contribution in [3.63, 3.8) is 0 Å². The summed E-state index contributed by atoms with van der Waals surface area (Å²) in [5.74, 6) is -0.581. The number of hydrogen-bond acceptors (Lipinski definition) is 4. The Kier molecular flexibility index (Phi) is 9.76. The van der Waals surface area contributed by atoms with E-state index in [1.807, 2.05) is 58.0 Å². The fraction of sp³-hybridized carbons (Fsp3) is 0.517. The Balaban J connectivity index is 1.92. The van der Waals surface area contributed by atoms with Crippen LogP contribution in [0.25, 0.3) is 0 Å². The van der Waals surface area contributed by atoms with Crippen molar-refractivity contribution in [2.75, 3.05) is 17.1 Å². The van der Waals surface area contributed by atoms with Gasteiger partial charge in [-0.3, -0.25) is 13.9 Å². The maximum atomic E-state index is 13.9. The van der Waals surface area contributed by atoms with Crippen LogP contribution in [0.15, 0.2) is 42.5 Å². The number of benzene rings is 2. The van der Waals surface area contributed by atoms with E-state index in [4.69, 9.17) is 0 Å². The monoisotopic (exact) mass is 527 g/mol. The molecule has 0 radical (unpaired) electrons. The Morgan fingerprint density at radius 2 is 1.54 bits per heavy atom. The van der Waals surface area contributed by atoms with Crippen molar-refractivity contribution in [2.45, 2.75) is 84.8 Å². The summed E-state index contributed by atoms with van der Waals surface area (Å²) in [6.45, 7) is 7.52. The molecule has 8 heteroatoms. The van der Waals surface area contributed by atoms with Crippen molar-refractivity contribution in [1.29, 1.82) is 0 Å². The lowest BCUT2D eigenvalue weighted by Gasteiger charge is -2.34. The Labute approximate surface area is 222 Å². The molecule has 37 heavy (non-hydrogen) atoms. The number of anilines is 1. The molecule has 0 bridgehead atoms. The SMILES string of the molecule is CCC(C(=O)NC1CCCCC1)N(Cc1ccc(C)cc1)C(=O)CN(c1cc(C)cc(C)c1)S(C)(=O)=O. The topological polar surface area (TPSA) is 86.8 Å². The summed E-state index contributed by atoms with van der Waals surface area (Å²) in [5, 5.41) is 3.17. The van der Waals surface area contributed by atoms with Crippen LogP contribution in [0.1, 0.15) is 67.7 Å². The highest BCUT2D eigenvalue weighted by atomic mass is 32.2. The average molecular weight is 528 g/mol. The number of amides is 2. The van der Waals surface area contributed by atoms with Gasteiger partial charge in [0, 0.05) is 12.6 Å². The number of sulfonamides is 1. The first-order valence-electron chi connectivity index (χ1n) is 13.2. The van der Waals surface area contributed by atoms with Gasteiger partial charge in [-0.1, -0.05) is 62.1 Å². The van der Waals surface area contributed by atoms with Crippen LogP contribution in [0, 0.1) is 20.8 Å². The third kappa shape index (κ3) is 8.06. The molecule has 1 N–H and O–H groups in total. The van der Waals surface area contributed by atoms with Gasteiger partial charge in [-0.25, -0.2) is 8.42 Å². The van der Waals surface area contributed by atoms with Gasteiger partial charge in [0.05, 0.1) is 11.9 Å². The lowest BCUT2D eigenvalue weighted by atomic mass is 9.95. The van der Waals surface area contributed by atoms with Gasteiger partial charge < -0.3 is 10.2 Å². The van der Waals surface area contributed by atoms with Gasteiger partial charge in [0.15, 0.2) is 0 Å². The number of hydrogen-bond donors (Lipinski definition) is 1. The maximum absolute atomic E-state index is 13.9. The number of nitrogens with one attached hydrogen (secondary N) is 1. The summed E-state index contributed by atoms with van der Waals surface area (Å²) in [7, 11) is -3.75. The molecule has 1 fully saturated rings. The highest BCUT2D eigenvalue weighted by Gasteiger charge is 2.32. The van der Waals surface area contributed by atoms with Gasteiger partial charge in [0.1, 0.15) is 12.6 Å². The van der Waals surface area contributed by atoms with Crippen molar-refractivity contribution in [1.82, 2.24) is 10.2 Å². The minimum atomic E-state index is -3.75. The zero-order valence-electron chi connectivity index (χ0n) is 22.8. The van der Waals surface area contributed by atoms with Crippen LogP contribution >= 0.6 is 0 Å². The van der Waals surface area contributed by atoms with Crippen LogP contribution in [0.5, 0.6) is 0 Å². The largest absolute Gasteiger partial charge is 0.352 e. The predicted molar refractivity (Wildman–Crippen MR) is 149 cm³/mol. The zero-order valence-corrected chi connectivity index (χ0v) is 23.6. The second-order valence-electron chi connectivity index (χ2n) is 10.4. The molecule has 0 spiro atoms. The van der Waals surface area contributed by atoms with Crippen LogP contribution in [0.2, 0.25) is 0 Å². The molecule has 1 saturated carbocycles. The molecular weight excluding hydrogens is 486 g/mol. The number of aryl methyl sites for hydroxylation is 3. The van der Waals surface area contributed by atoms with Crippen LogP contribution in [0.3, 0.4) is 0 Å². The fourth-order valence-electron chi connectivity index (χ4n) is 5.06. The van der Waals surface area contributed by atoms with E-state index in [0.717, 1.165) is 58.5 Å². The van der Waals surface area contributed by atoms with Crippen molar-refractivity contribution >= 4 is 27.5 Å². The summed E-state index contributed by atoms with van der Waals surface area (Å²) < 4.78 is 26.8. The predicted octanol–water partition coefficient (Wildman–Crippen LogP) is 4.63. The second kappa shape index (κ2) is 12.6. The Morgan fingerprint density at radius 1 is 0.946 bits per heavy atom. The van der Waals surface area contributed by atoms with Gasteiger partial charge in [0.2, 0.25) is 21.8 Å². The second-order valence-corrected chi connectivity index (χ2v) is 12.3. The van der Waals surface area contributed by atoms with Crippen molar-refractivity contribution < 1.29 is 18.0 Å². The Morgan fingerprint density at radius 3 is 2.08 bits per heavy atom. The quantitative estimate of drug-likeness (QED) is 0.488. The number of carbonyl (C=O) groups is 2. The Bertz CT molecular complexity index is 1170. The van der Waals surface area contributed by atoms with E-state index in [1.165, 1.54) is 6.42 Å². The van der Waals surface area contributed by atoms with E-state index in [2.05, 4.69) is 5.32 Å². The summed E-state index contributed by atoms with van der Waals surface area (Å²) >= 11 is 0. The first-order chi connectivity index (χ1) is 17.5. The average Bonchev–Trinajstić information content (AvgIpc) is 2.82. The standard InChI is InChI=1S/C29H41N3O4S/c1-6-27(29(34)30-25-10-8-7-9-11-25)31(19-24-14-12-21(2)13-15-24)28(33)20-32(37(5,35)36)26-17-22(3)16-23(4)18-26/h12-18,25,27H,6-11,19-20H2,1-5H3,(H,30,34). The summed E-state index contributed by atoms with van der Waals surface area (Å²) in [6, 6.07) is 12.7. The molecule has 0 heterocycles. The molecule has 0 aromatic heterocycles. The van der Waals surface area contributed by atoms with E-state index in [1.54, 1.807) is 17.0 Å². The number of carbonyl (C=O) groups excluding carboxylic acids is 2. The van der Waals surface area contributed by atoms with E-state index in [9.17, 15) is 18.0 Å². The molecule has 2 aromatic rings. The molecule has 3 rings (SSSR count). The molecule has 1 atom stereocenters. The summed E-state index contributed by atoms with van der Waals surface area (Å²) in [5.41, 5.74) is 4.25. The van der Waals surface area contributed by atoms with E-state index in [-0.39, 0.29) is 25.0 Å². The third-order valence-corrected chi connectivity index (χ3v) is 8.13. The minimum absolute atomic E-state index is 0.120. The van der Waals surface area contributed by atoms with Gasteiger partial charge in [-0.15, -0.1) is 0 Å². The molecule has 7 nitrogen and oxygen atoms in total. The minimum Gasteiger partial charge on any atom is -0.352 e. The molecule has 0 saturated heterocycles. The van der Waals surface area contributed by atoms with Gasteiger partial charge in [0.25, 0.3) is 0 Å².